The fraction of sp³-hybridized carbons (Fsp3) is 0.500. The molecule has 3 rings (SSSR count). The van der Waals surface area contributed by atoms with Crippen molar-refractivity contribution in [2.75, 3.05) is 6.61 Å². The smallest absolute Gasteiger partial charge is 0.436 e. The summed E-state index contributed by atoms with van der Waals surface area (Å²) in [5.41, 5.74) is -0.419. The normalized spacial score (nSPS) is 26.1. The average molecular weight is 422 g/mol. The average Bonchev–Trinajstić information content (AvgIpc) is 3.17. The summed E-state index contributed by atoms with van der Waals surface area (Å²) in [6.45, 7) is 1.31. The third kappa shape index (κ3) is 4.25. The Morgan fingerprint density at radius 3 is 2.89 bits per heavy atom. The second-order valence-corrected chi connectivity index (χ2v) is 8.13. The van der Waals surface area contributed by atoms with E-state index in [0.29, 0.717) is 16.9 Å². The van der Waals surface area contributed by atoms with Gasteiger partial charge in [0, 0.05) is 6.42 Å². The van der Waals surface area contributed by atoms with Crippen LogP contribution in [-0.4, -0.2) is 58.9 Å². The molecule has 3 heterocycles. The summed E-state index contributed by atoms with van der Waals surface area (Å²) in [5.74, 6) is 0. The van der Waals surface area contributed by atoms with Crippen LogP contribution in [0.3, 0.4) is 0 Å². The molecular weight excluding hydrogens is 406 g/mol. The van der Waals surface area contributed by atoms with E-state index in [1.54, 1.807) is 6.92 Å². The Kier molecular flexibility index (Phi) is 5.73. The summed E-state index contributed by atoms with van der Waals surface area (Å²) >= 11 is 0. The molecular formula is C12H16N4O9P2. The number of fused-ring (bicyclic) bond motifs is 1. The summed E-state index contributed by atoms with van der Waals surface area (Å²) in [6, 6.07) is 0. The van der Waals surface area contributed by atoms with Crippen LogP contribution in [0.2, 0.25) is 0 Å². The lowest BCUT2D eigenvalue weighted by Crippen LogP contribution is -2.28. The minimum absolute atomic E-state index is 0.0350. The van der Waals surface area contributed by atoms with Crippen molar-refractivity contribution in [1.82, 2.24) is 19.5 Å². The highest BCUT2D eigenvalue weighted by molar-refractivity contribution is 7.70. The first-order valence-corrected chi connectivity index (χ1v) is 10.4. The summed E-state index contributed by atoms with van der Waals surface area (Å²) in [4.78, 5) is 41.5. The van der Waals surface area contributed by atoms with Crippen molar-refractivity contribution < 1.29 is 42.6 Å². The van der Waals surface area contributed by atoms with E-state index in [4.69, 9.17) is 19.3 Å². The zero-order valence-corrected chi connectivity index (χ0v) is 15.7. The summed E-state index contributed by atoms with van der Waals surface area (Å²) in [6.07, 6.45) is -0.282. The maximum atomic E-state index is 11.7. The third-order valence-corrected chi connectivity index (χ3v) is 5.38. The van der Waals surface area contributed by atoms with E-state index in [1.807, 2.05) is 0 Å². The Labute approximate surface area is 152 Å². The van der Waals surface area contributed by atoms with Crippen LogP contribution in [0.1, 0.15) is 18.3 Å². The molecule has 1 aliphatic rings. The lowest BCUT2D eigenvalue weighted by molar-refractivity contribution is -0.0355. The summed E-state index contributed by atoms with van der Waals surface area (Å²) in [7, 11) is -8.25. The Bertz CT molecular complexity index is 935. The SMILES string of the molecule is Cc1ncnc2c1ncn2[C@H]1CC(OP(=O)(O)C(=O)O)[C@@H](CO[PH](=O)O)O1. The first-order chi connectivity index (χ1) is 12.7. The first kappa shape index (κ1) is 20.0. The van der Waals surface area contributed by atoms with E-state index >= 15 is 0 Å². The highest BCUT2D eigenvalue weighted by Crippen LogP contribution is 2.48. The van der Waals surface area contributed by atoms with Gasteiger partial charge in [-0.05, 0) is 6.92 Å². The number of carboxylic acid groups (broad SMARTS) is 1. The molecule has 5 atom stereocenters. The summed E-state index contributed by atoms with van der Waals surface area (Å²) < 4.78 is 39.2. The lowest BCUT2D eigenvalue weighted by Gasteiger charge is -2.19. The van der Waals surface area contributed by atoms with E-state index in [9.17, 15) is 18.8 Å². The van der Waals surface area contributed by atoms with Crippen LogP contribution in [0.25, 0.3) is 11.2 Å². The van der Waals surface area contributed by atoms with Gasteiger partial charge in [-0.25, -0.2) is 24.3 Å². The van der Waals surface area contributed by atoms with Gasteiger partial charge < -0.3 is 24.2 Å². The van der Waals surface area contributed by atoms with E-state index in [1.165, 1.54) is 17.2 Å². The topological polar surface area (TPSA) is 183 Å². The van der Waals surface area contributed by atoms with Gasteiger partial charge in [0.15, 0.2) is 5.65 Å². The second-order valence-electron chi connectivity index (χ2n) is 5.67. The maximum absolute atomic E-state index is 11.7. The molecule has 0 spiro atoms. The molecule has 0 aromatic carbocycles. The van der Waals surface area contributed by atoms with Gasteiger partial charge in [0.05, 0.1) is 18.6 Å². The zero-order valence-electron chi connectivity index (χ0n) is 13.8. The number of aryl methyl sites for hydroxylation is 1. The molecule has 3 N–H and O–H groups in total. The molecule has 0 aliphatic carbocycles. The van der Waals surface area contributed by atoms with Crippen molar-refractivity contribution >= 4 is 32.7 Å². The molecule has 3 unspecified atom stereocenters. The van der Waals surface area contributed by atoms with Gasteiger partial charge in [0.1, 0.15) is 30.3 Å². The van der Waals surface area contributed by atoms with Crippen molar-refractivity contribution in [3.8, 4) is 0 Å². The second kappa shape index (κ2) is 7.72. The number of hydrogen-bond donors (Lipinski definition) is 3. The molecule has 13 nitrogen and oxygen atoms in total. The molecule has 15 heteroatoms. The highest BCUT2D eigenvalue weighted by atomic mass is 31.2. The van der Waals surface area contributed by atoms with Gasteiger partial charge in [-0.1, -0.05) is 0 Å². The number of nitrogens with zero attached hydrogens (tertiary/aromatic N) is 4. The quantitative estimate of drug-likeness (QED) is 0.540. The number of imidazole rings is 1. The molecule has 2 aromatic heterocycles. The van der Waals surface area contributed by atoms with Crippen LogP contribution in [0.15, 0.2) is 12.7 Å². The number of ether oxygens (including phenoxy) is 1. The molecule has 148 valence electrons. The van der Waals surface area contributed by atoms with Gasteiger partial charge >= 0.3 is 21.6 Å². The third-order valence-electron chi connectivity index (χ3n) is 3.92. The van der Waals surface area contributed by atoms with Gasteiger partial charge in [-0.2, -0.15) is 0 Å². The van der Waals surface area contributed by atoms with Gasteiger partial charge in [-0.3, -0.25) is 13.7 Å². The Morgan fingerprint density at radius 2 is 2.22 bits per heavy atom. The predicted octanol–water partition coefficient (Wildman–Crippen LogP) is 1.07. The van der Waals surface area contributed by atoms with Crippen LogP contribution < -0.4 is 0 Å². The molecule has 1 fully saturated rings. The monoisotopic (exact) mass is 422 g/mol. The minimum Gasteiger partial charge on any atom is -0.472 e. The van der Waals surface area contributed by atoms with E-state index < -0.39 is 46.6 Å². The van der Waals surface area contributed by atoms with Crippen molar-refractivity contribution in [2.24, 2.45) is 0 Å². The fourth-order valence-corrected chi connectivity index (χ4v) is 3.68. The molecule has 0 radical (unpaired) electrons. The van der Waals surface area contributed by atoms with Crippen LogP contribution in [0.4, 0.5) is 4.79 Å². The van der Waals surface area contributed by atoms with E-state index in [0.717, 1.165) is 0 Å². The van der Waals surface area contributed by atoms with E-state index in [2.05, 4.69) is 19.5 Å². The Morgan fingerprint density at radius 1 is 1.48 bits per heavy atom. The number of hydrogen-bond acceptors (Lipinski definition) is 9. The molecule has 0 saturated carbocycles. The van der Waals surface area contributed by atoms with Crippen LogP contribution in [0.5, 0.6) is 0 Å². The Balaban J connectivity index is 1.87. The zero-order chi connectivity index (χ0) is 19.8. The van der Waals surface area contributed by atoms with Crippen molar-refractivity contribution in [3.63, 3.8) is 0 Å². The van der Waals surface area contributed by atoms with Gasteiger partial charge in [0.2, 0.25) is 0 Å². The van der Waals surface area contributed by atoms with Gasteiger partial charge in [-0.15, -0.1) is 0 Å². The number of aromatic nitrogens is 4. The molecule has 0 bridgehead atoms. The highest BCUT2D eigenvalue weighted by Gasteiger charge is 2.44. The van der Waals surface area contributed by atoms with Crippen molar-refractivity contribution in [2.45, 2.75) is 31.8 Å². The largest absolute Gasteiger partial charge is 0.472 e. The van der Waals surface area contributed by atoms with Crippen molar-refractivity contribution in [1.29, 1.82) is 0 Å². The number of carbonyl (C=O) groups is 1. The fourth-order valence-electron chi connectivity index (χ4n) is 2.69. The van der Waals surface area contributed by atoms with Crippen LogP contribution >= 0.6 is 15.9 Å². The standard InChI is InChI=1S/C12H16N4O9P2/c1-6-10-11(14-4-13-6)16(5-15-10)9-2-7(25-27(21,22)12(17)18)8(24-9)3-23-26(19)20/h4-5,7-9,26H,2-3H2,1H3,(H,17,18)(H,19,20)(H,21,22)/t7?,8-,9-/m1/s1. The molecule has 2 aromatic rings. The van der Waals surface area contributed by atoms with E-state index in [-0.39, 0.29) is 6.42 Å². The predicted molar refractivity (Wildman–Crippen MR) is 88.5 cm³/mol. The van der Waals surface area contributed by atoms with Crippen molar-refractivity contribution in [3.05, 3.63) is 18.3 Å². The number of rotatable bonds is 7. The van der Waals surface area contributed by atoms with Gasteiger partial charge in [0.25, 0.3) is 0 Å². The molecule has 0 amide bonds. The molecule has 1 saturated heterocycles. The summed E-state index contributed by atoms with van der Waals surface area (Å²) in [5, 5.41) is 8.80. The van der Waals surface area contributed by atoms with Crippen LogP contribution in [0, 0.1) is 6.92 Å². The molecule has 27 heavy (non-hydrogen) atoms. The molecule has 1 aliphatic heterocycles. The minimum atomic E-state index is -4.96. The lowest BCUT2D eigenvalue weighted by atomic mass is 10.2. The van der Waals surface area contributed by atoms with Crippen LogP contribution in [-0.2, 0) is 22.9 Å². The maximum Gasteiger partial charge on any atom is 0.436 e. The first-order valence-electron chi connectivity index (χ1n) is 7.59. The Hall–Kier alpha value is -1.72.